The lowest BCUT2D eigenvalue weighted by molar-refractivity contribution is -0.384. The normalized spacial score (nSPS) is 17.8. The minimum absolute atomic E-state index is 0.0763. The van der Waals surface area contributed by atoms with Gasteiger partial charge in [-0.25, -0.2) is 4.99 Å². The van der Waals surface area contributed by atoms with Gasteiger partial charge in [-0.3, -0.25) is 10.1 Å². The first kappa shape index (κ1) is 19.3. The number of nitro groups is 1. The van der Waals surface area contributed by atoms with Gasteiger partial charge < -0.3 is 4.90 Å². The molecule has 1 fully saturated rings. The van der Waals surface area contributed by atoms with E-state index >= 15 is 0 Å². The molecule has 0 aliphatic carbocycles. The van der Waals surface area contributed by atoms with Gasteiger partial charge in [0.25, 0.3) is 5.69 Å². The molecule has 5 nitrogen and oxygen atoms in total. The molecule has 0 radical (unpaired) electrons. The summed E-state index contributed by atoms with van der Waals surface area (Å²) >= 11 is 1.70. The Balaban J connectivity index is 2.44. The monoisotopic (exact) mass is 359 g/mol. The standard InChI is InChI=1S/C19H25N3O2S/c1-7-15(10-13(2)3)21-18(25-12-19(21,5)6)20-17-9-8-16(22(23)24)11-14(17)4/h8-9,11,13H,1,10,12H2,2-6H3. The molecule has 25 heavy (non-hydrogen) atoms. The van der Waals surface area contributed by atoms with Crippen molar-refractivity contribution in [3.05, 3.63) is 51.9 Å². The molecule has 0 atom stereocenters. The quantitative estimate of drug-likeness (QED) is 0.399. The van der Waals surface area contributed by atoms with E-state index in [2.05, 4.69) is 44.9 Å². The second-order valence-corrected chi connectivity index (χ2v) is 8.22. The molecular formula is C19H25N3O2S. The number of non-ortho nitro benzene ring substituents is 1. The summed E-state index contributed by atoms with van der Waals surface area (Å²) in [7, 11) is 0. The maximum absolute atomic E-state index is 10.9. The number of hydrogen-bond acceptors (Lipinski definition) is 4. The fraction of sp³-hybridized carbons (Fsp3) is 0.474. The van der Waals surface area contributed by atoms with Crippen LogP contribution in [0, 0.1) is 23.0 Å². The predicted molar refractivity (Wildman–Crippen MR) is 105 cm³/mol. The second kappa shape index (κ2) is 7.46. The number of rotatable bonds is 5. The summed E-state index contributed by atoms with van der Waals surface area (Å²) in [4.78, 5) is 17.6. The average molecular weight is 359 g/mol. The van der Waals surface area contributed by atoms with Crippen molar-refractivity contribution in [2.45, 2.75) is 46.6 Å². The van der Waals surface area contributed by atoms with Crippen LogP contribution in [-0.2, 0) is 0 Å². The van der Waals surface area contributed by atoms with Crippen molar-refractivity contribution >= 4 is 28.3 Å². The first-order chi connectivity index (χ1) is 11.7. The Hall–Kier alpha value is -2.04. The molecule has 0 amide bonds. The van der Waals surface area contributed by atoms with Gasteiger partial charge in [0, 0.05) is 17.9 Å². The van der Waals surface area contributed by atoms with Crippen molar-refractivity contribution in [3.63, 3.8) is 0 Å². The number of benzene rings is 1. The Labute approximate surface area is 153 Å². The number of nitro benzene ring substituents is 1. The smallest absolute Gasteiger partial charge is 0.269 e. The molecule has 134 valence electrons. The molecule has 0 spiro atoms. The van der Waals surface area contributed by atoms with Gasteiger partial charge in [0.1, 0.15) is 0 Å². The van der Waals surface area contributed by atoms with Crippen molar-refractivity contribution in [2.75, 3.05) is 5.75 Å². The fourth-order valence-electron chi connectivity index (χ4n) is 2.80. The van der Waals surface area contributed by atoms with Crippen molar-refractivity contribution in [2.24, 2.45) is 10.9 Å². The van der Waals surface area contributed by atoms with Gasteiger partial charge in [0.2, 0.25) is 0 Å². The van der Waals surface area contributed by atoms with E-state index in [0.29, 0.717) is 5.92 Å². The summed E-state index contributed by atoms with van der Waals surface area (Å²) in [6.45, 7) is 14.4. The molecule has 1 aliphatic heterocycles. The Morgan fingerprint density at radius 3 is 2.72 bits per heavy atom. The van der Waals surface area contributed by atoms with Gasteiger partial charge in [-0.2, -0.15) is 0 Å². The summed E-state index contributed by atoms with van der Waals surface area (Å²) in [5, 5.41) is 11.8. The van der Waals surface area contributed by atoms with E-state index < -0.39 is 0 Å². The summed E-state index contributed by atoms with van der Waals surface area (Å²) in [6.07, 6.45) is 0.881. The third-order valence-corrected chi connectivity index (χ3v) is 5.42. The molecule has 6 heteroatoms. The molecule has 1 aliphatic rings. The van der Waals surface area contributed by atoms with Gasteiger partial charge in [-0.05, 0) is 44.7 Å². The van der Waals surface area contributed by atoms with Crippen LogP contribution in [0.5, 0.6) is 0 Å². The highest BCUT2D eigenvalue weighted by atomic mass is 32.2. The van der Waals surface area contributed by atoms with E-state index in [1.807, 2.05) is 6.92 Å². The molecule has 0 saturated carbocycles. The summed E-state index contributed by atoms with van der Waals surface area (Å²) < 4.78 is 0. The Morgan fingerprint density at radius 2 is 2.20 bits per heavy atom. The third-order valence-electron chi connectivity index (χ3n) is 4.03. The number of amidine groups is 1. The van der Waals surface area contributed by atoms with Gasteiger partial charge in [0.05, 0.1) is 21.8 Å². The van der Waals surface area contributed by atoms with E-state index in [1.165, 1.54) is 6.07 Å². The first-order valence-electron chi connectivity index (χ1n) is 8.31. The molecule has 0 unspecified atom stereocenters. The lowest BCUT2D eigenvalue weighted by atomic mass is 10.0. The molecule has 0 bridgehead atoms. The first-order valence-corrected chi connectivity index (χ1v) is 9.30. The number of aryl methyl sites for hydroxylation is 1. The topological polar surface area (TPSA) is 58.7 Å². The highest BCUT2D eigenvalue weighted by Crippen LogP contribution is 2.39. The van der Waals surface area contributed by atoms with Crippen LogP contribution in [-0.4, -0.2) is 26.3 Å². The Morgan fingerprint density at radius 1 is 1.52 bits per heavy atom. The molecule has 0 N–H and O–H groups in total. The number of nitrogens with zero attached hydrogens (tertiary/aromatic N) is 3. The van der Waals surface area contributed by atoms with E-state index in [0.717, 1.165) is 34.3 Å². The van der Waals surface area contributed by atoms with Crippen LogP contribution in [0.25, 0.3) is 0 Å². The third kappa shape index (κ3) is 4.33. The number of aliphatic imine (C=N–C) groups is 1. The van der Waals surface area contributed by atoms with Crippen molar-refractivity contribution in [1.82, 2.24) is 4.90 Å². The van der Waals surface area contributed by atoms with E-state index in [9.17, 15) is 10.1 Å². The molecule has 0 aromatic heterocycles. The highest BCUT2D eigenvalue weighted by Gasteiger charge is 2.39. The summed E-state index contributed by atoms with van der Waals surface area (Å²) in [5.74, 6) is 1.41. The Kier molecular flexibility index (Phi) is 5.76. The minimum atomic E-state index is -0.384. The molecule has 2 rings (SSSR count). The maximum Gasteiger partial charge on any atom is 0.269 e. The second-order valence-electron chi connectivity index (χ2n) is 7.28. The number of thioether (sulfide) groups is 1. The van der Waals surface area contributed by atoms with E-state index in [-0.39, 0.29) is 16.1 Å². The molecular weight excluding hydrogens is 334 g/mol. The van der Waals surface area contributed by atoms with Crippen LogP contribution >= 0.6 is 11.8 Å². The van der Waals surface area contributed by atoms with Crippen LogP contribution in [0.15, 0.2) is 41.2 Å². The Bertz CT molecular complexity index is 762. The van der Waals surface area contributed by atoms with Gasteiger partial charge >= 0.3 is 0 Å². The largest absolute Gasteiger partial charge is 0.311 e. The molecule has 1 aromatic rings. The maximum atomic E-state index is 10.9. The van der Waals surface area contributed by atoms with Crippen LogP contribution < -0.4 is 0 Å². The number of allylic oxidation sites excluding steroid dienone is 1. The fourth-order valence-corrected chi connectivity index (χ4v) is 4.06. The van der Waals surface area contributed by atoms with Crippen LogP contribution in [0.2, 0.25) is 0 Å². The van der Waals surface area contributed by atoms with Crippen molar-refractivity contribution in [3.8, 4) is 0 Å². The van der Waals surface area contributed by atoms with Gasteiger partial charge in [0.15, 0.2) is 5.17 Å². The zero-order chi connectivity index (χ0) is 18.8. The SMILES string of the molecule is C=C=C(CC(C)C)N1C(=Nc2ccc([N+](=O)[O-])cc2C)SCC1(C)C. The zero-order valence-corrected chi connectivity index (χ0v) is 16.3. The number of hydrogen-bond donors (Lipinski definition) is 0. The van der Waals surface area contributed by atoms with Crippen LogP contribution in [0.1, 0.15) is 39.7 Å². The average Bonchev–Trinajstić information content (AvgIpc) is 2.81. The summed E-state index contributed by atoms with van der Waals surface area (Å²) in [5.41, 5.74) is 5.70. The van der Waals surface area contributed by atoms with Gasteiger partial charge in [-0.15, -0.1) is 5.73 Å². The van der Waals surface area contributed by atoms with Crippen LogP contribution in [0.3, 0.4) is 0 Å². The predicted octanol–water partition coefficient (Wildman–Crippen LogP) is 5.43. The van der Waals surface area contributed by atoms with Crippen molar-refractivity contribution < 1.29 is 4.92 Å². The lowest BCUT2D eigenvalue weighted by Gasteiger charge is -2.34. The molecule has 1 heterocycles. The minimum Gasteiger partial charge on any atom is -0.311 e. The van der Waals surface area contributed by atoms with E-state index in [1.54, 1.807) is 23.9 Å². The zero-order valence-electron chi connectivity index (χ0n) is 15.5. The van der Waals surface area contributed by atoms with E-state index in [4.69, 9.17) is 4.99 Å². The van der Waals surface area contributed by atoms with Crippen molar-refractivity contribution in [1.29, 1.82) is 0 Å². The molecule has 1 aromatic carbocycles. The van der Waals surface area contributed by atoms with Gasteiger partial charge in [-0.1, -0.05) is 32.2 Å². The van der Waals surface area contributed by atoms with Crippen LogP contribution in [0.4, 0.5) is 11.4 Å². The summed E-state index contributed by atoms with van der Waals surface area (Å²) in [6, 6.07) is 4.77. The highest BCUT2D eigenvalue weighted by molar-refractivity contribution is 8.14. The molecule has 1 saturated heterocycles. The lowest BCUT2D eigenvalue weighted by Crippen LogP contribution is -2.41.